The van der Waals surface area contributed by atoms with Crippen molar-refractivity contribution in [1.82, 2.24) is 10.2 Å². The van der Waals surface area contributed by atoms with Crippen LogP contribution in [0.15, 0.2) is 24.3 Å². The van der Waals surface area contributed by atoms with Crippen molar-refractivity contribution >= 4 is 5.91 Å². The van der Waals surface area contributed by atoms with Crippen LogP contribution in [0.1, 0.15) is 51.4 Å². The molecule has 3 nitrogen and oxygen atoms in total. The average Bonchev–Trinajstić information content (AvgIpc) is 2.69. The van der Waals surface area contributed by atoms with Crippen molar-refractivity contribution in [2.75, 3.05) is 0 Å². The van der Waals surface area contributed by atoms with Crippen molar-refractivity contribution in [3.05, 3.63) is 35.4 Å². The fraction of sp³-hybridized carbons (Fsp3) is 0.588. The predicted octanol–water partition coefficient (Wildman–Crippen LogP) is 3.25. The predicted molar refractivity (Wildman–Crippen MR) is 82.3 cm³/mol. The maximum atomic E-state index is 12.5. The van der Waals surface area contributed by atoms with E-state index in [9.17, 15) is 4.79 Å². The number of hydrogen-bond donors (Lipinski definition) is 1. The standard InChI is InChI=1S/C17H26N2O/c1-6-15(11(2)3)19-16(18-13(5)17(19)20)14-9-7-12(4)8-10-14/h7-11,13,15-16,18H,6H2,1-5H3. The summed E-state index contributed by atoms with van der Waals surface area (Å²) in [6, 6.07) is 8.65. The second-order valence-corrected chi connectivity index (χ2v) is 6.17. The Labute approximate surface area is 122 Å². The molecule has 1 aliphatic rings. The van der Waals surface area contributed by atoms with Crippen LogP contribution in [-0.4, -0.2) is 22.9 Å². The molecule has 1 aromatic carbocycles. The van der Waals surface area contributed by atoms with Crippen molar-refractivity contribution in [2.24, 2.45) is 5.92 Å². The third kappa shape index (κ3) is 2.73. The van der Waals surface area contributed by atoms with Gasteiger partial charge in [-0.25, -0.2) is 0 Å². The molecule has 2 rings (SSSR count). The summed E-state index contributed by atoms with van der Waals surface area (Å²) < 4.78 is 0. The maximum absolute atomic E-state index is 12.5. The molecule has 20 heavy (non-hydrogen) atoms. The van der Waals surface area contributed by atoms with E-state index in [4.69, 9.17) is 0 Å². The third-order valence-corrected chi connectivity index (χ3v) is 4.25. The number of carbonyl (C=O) groups is 1. The van der Waals surface area contributed by atoms with E-state index in [-0.39, 0.29) is 24.2 Å². The molecule has 0 aliphatic carbocycles. The zero-order valence-corrected chi connectivity index (χ0v) is 13.2. The third-order valence-electron chi connectivity index (χ3n) is 4.25. The first-order valence-corrected chi connectivity index (χ1v) is 7.60. The van der Waals surface area contributed by atoms with Gasteiger partial charge in [0.05, 0.1) is 6.04 Å². The molecule has 3 atom stereocenters. The van der Waals surface area contributed by atoms with Gasteiger partial charge in [-0.1, -0.05) is 50.6 Å². The first-order chi connectivity index (χ1) is 9.45. The highest BCUT2D eigenvalue weighted by molar-refractivity contribution is 5.84. The lowest BCUT2D eigenvalue weighted by molar-refractivity contribution is -0.133. The monoisotopic (exact) mass is 274 g/mol. The Balaban J connectivity index is 2.34. The van der Waals surface area contributed by atoms with Crippen LogP contribution in [0.2, 0.25) is 0 Å². The number of amides is 1. The van der Waals surface area contributed by atoms with Gasteiger partial charge in [-0.3, -0.25) is 10.1 Å². The fourth-order valence-electron chi connectivity index (χ4n) is 3.09. The smallest absolute Gasteiger partial charge is 0.241 e. The van der Waals surface area contributed by atoms with Gasteiger partial charge in [0.15, 0.2) is 0 Å². The second kappa shape index (κ2) is 5.96. The molecule has 0 saturated carbocycles. The number of benzene rings is 1. The summed E-state index contributed by atoms with van der Waals surface area (Å²) >= 11 is 0. The summed E-state index contributed by atoms with van der Waals surface area (Å²) in [4.78, 5) is 14.6. The second-order valence-electron chi connectivity index (χ2n) is 6.17. The van der Waals surface area contributed by atoms with Gasteiger partial charge >= 0.3 is 0 Å². The molecule has 0 spiro atoms. The van der Waals surface area contributed by atoms with Crippen molar-refractivity contribution in [3.63, 3.8) is 0 Å². The lowest BCUT2D eigenvalue weighted by Crippen LogP contribution is -2.42. The maximum Gasteiger partial charge on any atom is 0.241 e. The quantitative estimate of drug-likeness (QED) is 0.914. The summed E-state index contributed by atoms with van der Waals surface area (Å²) in [5.41, 5.74) is 2.42. The molecule has 1 amide bonds. The SMILES string of the molecule is CCC(C(C)C)N1C(=O)C(C)NC1c1ccc(C)cc1. The number of aryl methyl sites for hydroxylation is 1. The van der Waals surface area contributed by atoms with E-state index < -0.39 is 0 Å². The van der Waals surface area contributed by atoms with Gasteiger partial charge in [-0.05, 0) is 31.7 Å². The molecular weight excluding hydrogens is 248 g/mol. The Kier molecular flexibility index (Phi) is 4.48. The average molecular weight is 274 g/mol. The molecule has 1 saturated heterocycles. The lowest BCUT2D eigenvalue weighted by Gasteiger charge is -2.35. The van der Waals surface area contributed by atoms with Gasteiger partial charge in [-0.2, -0.15) is 0 Å². The Morgan fingerprint density at radius 3 is 2.35 bits per heavy atom. The first-order valence-electron chi connectivity index (χ1n) is 7.60. The molecule has 1 heterocycles. The van der Waals surface area contributed by atoms with E-state index in [1.165, 1.54) is 11.1 Å². The molecule has 0 bridgehead atoms. The van der Waals surface area contributed by atoms with Gasteiger partial charge in [0.25, 0.3) is 0 Å². The summed E-state index contributed by atoms with van der Waals surface area (Å²) in [6.07, 6.45) is 0.991. The van der Waals surface area contributed by atoms with E-state index in [0.717, 1.165) is 6.42 Å². The van der Waals surface area contributed by atoms with E-state index in [1.807, 2.05) is 6.92 Å². The van der Waals surface area contributed by atoms with Crippen LogP contribution < -0.4 is 5.32 Å². The molecule has 110 valence electrons. The Morgan fingerprint density at radius 1 is 1.25 bits per heavy atom. The minimum absolute atomic E-state index is 0.00505. The van der Waals surface area contributed by atoms with Crippen LogP contribution in [0.3, 0.4) is 0 Å². The van der Waals surface area contributed by atoms with Gasteiger partial charge in [0.2, 0.25) is 5.91 Å². The first kappa shape index (κ1) is 15.0. The number of rotatable bonds is 4. The zero-order chi connectivity index (χ0) is 14.9. The molecule has 1 aliphatic heterocycles. The van der Waals surface area contributed by atoms with Crippen molar-refractivity contribution in [1.29, 1.82) is 0 Å². The van der Waals surface area contributed by atoms with Crippen LogP contribution >= 0.6 is 0 Å². The van der Waals surface area contributed by atoms with Crippen LogP contribution in [0.4, 0.5) is 0 Å². The Morgan fingerprint density at radius 2 is 1.85 bits per heavy atom. The topological polar surface area (TPSA) is 32.3 Å². The van der Waals surface area contributed by atoms with E-state index in [1.54, 1.807) is 0 Å². The molecular formula is C17H26N2O. The molecule has 3 heteroatoms. The number of carbonyl (C=O) groups excluding carboxylic acids is 1. The van der Waals surface area contributed by atoms with Crippen LogP contribution in [-0.2, 0) is 4.79 Å². The highest BCUT2D eigenvalue weighted by Crippen LogP contribution is 2.31. The van der Waals surface area contributed by atoms with Crippen molar-refractivity contribution < 1.29 is 4.79 Å². The highest BCUT2D eigenvalue weighted by atomic mass is 16.2. The van der Waals surface area contributed by atoms with E-state index in [0.29, 0.717) is 5.92 Å². The van der Waals surface area contributed by atoms with Gasteiger partial charge in [-0.15, -0.1) is 0 Å². The molecule has 3 unspecified atom stereocenters. The van der Waals surface area contributed by atoms with Crippen molar-refractivity contribution in [3.8, 4) is 0 Å². The summed E-state index contributed by atoms with van der Waals surface area (Å²) in [6.45, 7) is 10.6. The Hall–Kier alpha value is -1.35. The molecule has 0 radical (unpaired) electrons. The molecule has 0 aromatic heterocycles. The number of nitrogens with one attached hydrogen (secondary N) is 1. The van der Waals surface area contributed by atoms with Gasteiger partial charge in [0, 0.05) is 6.04 Å². The summed E-state index contributed by atoms with van der Waals surface area (Å²) in [5.74, 6) is 0.681. The van der Waals surface area contributed by atoms with Crippen LogP contribution in [0, 0.1) is 12.8 Å². The lowest BCUT2D eigenvalue weighted by atomic mass is 9.98. The minimum Gasteiger partial charge on any atom is -0.318 e. The molecule has 1 aromatic rings. The van der Waals surface area contributed by atoms with Crippen LogP contribution in [0.25, 0.3) is 0 Å². The Bertz CT molecular complexity index is 466. The highest BCUT2D eigenvalue weighted by Gasteiger charge is 2.41. The van der Waals surface area contributed by atoms with Crippen LogP contribution in [0.5, 0.6) is 0 Å². The van der Waals surface area contributed by atoms with Gasteiger partial charge in [0.1, 0.15) is 6.17 Å². The summed E-state index contributed by atoms with van der Waals surface area (Å²) in [7, 11) is 0. The normalized spacial score (nSPS) is 24.5. The molecule has 1 fully saturated rings. The summed E-state index contributed by atoms with van der Waals surface area (Å²) in [5, 5.41) is 3.44. The minimum atomic E-state index is -0.103. The fourth-order valence-corrected chi connectivity index (χ4v) is 3.09. The molecule has 1 N–H and O–H groups in total. The van der Waals surface area contributed by atoms with Gasteiger partial charge < -0.3 is 4.90 Å². The zero-order valence-electron chi connectivity index (χ0n) is 13.2. The largest absolute Gasteiger partial charge is 0.318 e. The number of hydrogen-bond acceptors (Lipinski definition) is 2. The van der Waals surface area contributed by atoms with E-state index in [2.05, 4.69) is 62.2 Å². The van der Waals surface area contributed by atoms with Crippen molar-refractivity contribution in [2.45, 2.75) is 59.3 Å². The number of nitrogens with zero attached hydrogens (tertiary/aromatic N) is 1. The van der Waals surface area contributed by atoms with E-state index >= 15 is 0 Å².